The number of aryl methyl sites for hydroxylation is 1. The summed E-state index contributed by atoms with van der Waals surface area (Å²) in [7, 11) is 1.61. The summed E-state index contributed by atoms with van der Waals surface area (Å²) >= 11 is 11.7. The van der Waals surface area contributed by atoms with Gasteiger partial charge in [0, 0.05) is 11.8 Å². The molecular weight excluding hydrogens is 294 g/mol. The molecule has 2 heterocycles. The van der Waals surface area contributed by atoms with Crippen molar-refractivity contribution in [3.05, 3.63) is 45.8 Å². The Kier molecular flexibility index (Phi) is 3.23. The van der Waals surface area contributed by atoms with Gasteiger partial charge >= 0.3 is 0 Å². The van der Waals surface area contributed by atoms with Crippen molar-refractivity contribution in [2.24, 2.45) is 0 Å². The van der Waals surface area contributed by atoms with Gasteiger partial charge in [0.1, 0.15) is 5.75 Å². The molecule has 0 atom stereocenters. The van der Waals surface area contributed by atoms with E-state index in [2.05, 4.69) is 9.97 Å². The molecule has 0 aliphatic heterocycles. The van der Waals surface area contributed by atoms with E-state index in [-0.39, 0.29) is 0 Å². The highest BCUT2D eigenvalue weighted by Crippen LogP contribution is 2.28. The molecule has 2 aromatic heterocycles. The average molecular weight is 306 g/mol. The summed E-state index contributed by atoms with van der Waals surface area (Å²) in [5.41, 5.74) is 3.30. The molecule has 102 valence electrons. The van der Waals surface area contributed by atoms with Gasteiger partial charge < -0.3 is 9.72 Å². The monoisotopic (exact) mass is 305 g/mol. The predicted molar refractivity (Wildman–Crippen MR) is 82.6 cm³/mol. The van der Waals surface area contributed by atoms with E-state index in [1.54, 1.807) is 13.2 Å². The van der Waals surface area contributed by atoms with Gasteiger partial charge in [0.25, 0.3) is 0 Å². The van der Waals surface area contributed by atoms with Gasteiger partial charge in [-0.15, -0.1) is 0 Å². The Bertz CT molecular complexity index is 853. The van der Waals surface area contributed by atoms with Crippen LogP contribution in [0.3, 0.4) is 0 Å². The molecule has 6 heteroatoms. The molecule has 0 fully saturated rings. The Morgan fingerprint density at radius 3 is 2.85 bits per heavy atom. The molecule has 0 amide bonds. The predicted octanol–water partition coefficient (Wildman–Crippen LogP) is 4.05. The van der Waals surface area contributed by atoms with Crippen LogP contribution < -0.4 is 4.74 Å². The lowest BCUT2D eigenvalue weighted by Gasteiger charge is -2.09. The first-order valence-electron chi connectivity index (χ1n) is 6.02. The minimum Gasteiger partial charge on any atom is -0.497 e. The van der Waals surface area contributed by atoms with E-state index in [1.807, 2.05) is 35.8 Å². The Morgan fingerprint density at radius 2 is 2.10 bits per heavy atom. The molecule has 3 aromatic rings. The van der Waals surface area contributed by atoms with Gasteiger partial charge in [-0.25, -0.2) is 4.98 Å². The fraction of sp³-hybridized carbons (Fsp3) is 0.143. The fourth-order valence-electron chi connectivity index (χ4n) is 2.09. The number of fused-ring (bicyclic) bond motifs is 1. The second kappa shape index (κ2) is 4.92. The number of aromatic nitrogens is 3. The largest absolute Gasteiger partial charge is 0.497 e. The highest BCUT2D eigenvalue weighted by molar-refractivity contribution is 7.71. The number of nitrogens with one attached hydrogen (secondary N) is 1. The van der Waals surface area contributed by atoms with Crippen LogP contribution in [-0.2, 0) is 0 Å². The molecule has 0 aliphatic rings. The molecule has 20 heavy (non-hydrogen) atoms. The van der Waals surface area contributed by atoms with Gasteiger partial charge in [-0.05, 0) is 43.4 Å². The third-order valence-electron chi connectivity index (χ3n) is 3.07. The third kappa shape index (κ3) is 2.09. The van der Waals surface area contributed by atoms with E-state index < -0.39 is 0 Å². The van der Waals surface area contributed by atoms with Crippen molar-refractivity contribution in [1.82, 2.24) is 14.5 Å². The second-order valence-corrected chi connectivity index (χ2v) is 5.20. The van der Waals surface area contributed by atoms with Crippen molar-refractivity contribution in [3.63, 3.8) is 0 Å². The smallest absolute Gasteiger partial charge is 0.184 e. The van der Waals surface area contributed by atoms with Crippen molar-refractivity contribution in [2.45, 2.75) is 6.92 Å². The van der Waals surface area contributed by atoms with Crippen LogP contribution in [0.1, 0.15) is 5.69 Å². The molecule has 4 nitrogen and oxygen atoms in total. The summed E-state index contributed by atoms with van der Waals surface area (Å²) in [4.78, 5) is 7.67. The van der Waals surface area contributed by atoms with Crippen LogP contribution in [0.25, 0.3) is 16.9 Å². The van der Waals surface area contributed by atoms with Crippen LogP contribution in [0.15, 0.2) is 30.3 Å². The number of imidazole rings is 1. The summed E-state index contributed by atoms with van der Waals surface area (Å²) in [5.74, 6) is 0.716. The molecular formula is C14H12ClN3OS. The number of rotatable bonds is 2. The number of pyridine rings is 1. The Morgan fingerprint density at radius 1 is 1.30 bits per heavy atom. The molecule has 0 aliphatic carbocycles. The molecule has 1 N–H and O–H groups in total. The molecule has 0 bridgehead atoms. The standard InChI is InChI=1S/C14H12ClN3OS/c1-8-3-6-11-13(16-8)18(14(20)17-11)12-7-9(19-2)4-5-10(12)15/h3-7H,1-2H3,(H,17,20). The Labute approximate surface area is 126 Å². The quantitative estimate of drug-likeness (QED) is 0.726. The molecule has 0 saturated carbocycles. The highest BCUT2D eigenvalue weighted by Gasteiger charge is 2.12. The Hall–Kier alpha value is -1.85. The zero-order valence-corrected chi connectivity index (χ0v) is 12.5. The van der Waals surface area contributed by atoms with Crippen LogP contribution in [0.2, 0.25) is 5.02 Å². The normalized spacial score (nSPS) is 10.9. The van der Waals surface area contributed by atoms with E-state index >= 15 is 0 Å². The molecule has 3 rings (SSSR count). The van der Waals surface area contributed by atoms with Gasteiger partial charge in [-0.3, -0.25) is 4.57 Å². The number of ether oxygens (including phenoxy) is 1. The lowest BCUT2D eigenvalue weighted by molar-refractivity contribution is 0.414. The van der Waals surface area contributed by atoms with Gasteiger partial charge in [-0.1, -0.05) is 11.6 Å². The molecule has 0 saturated heterocycles. The maximum absolute atomic E-state index is 6.29. The van der Waals surface area contributed by atoms with E-state index in [1.165, 1.54) is 0 Å². The third-order valence-corrected chi connectivity index (χ3v) is 3.67. The lowest BCUT2D eigenvalue weighted by Crippen LogP contribution is -1.98. The zero-order valence-electron chi connectivity index (χ0n) is 11.0. The summed E-state index contributed by atoms with van der Waals surface area (Å²) in [6.07, 6.45) is 0. The van der Waals surface area contributed by atoms with Crippen molar-refractivity contribution in [1.29, 1.82) is 0 Å². The number of hydrogen-bond acceptors (Lipinski definition) is 3. The van der Waals surface area contributed by atoms with Gasteiger partial charge in [-0.2, -0.15) is 0 Å². The van der Waals surface area contributed by atoms with Crippen molar-refractivity contribution in [3.8, 4) is 11.4 Å². The summed E-state index contributed by atoms with van der Waals surface area (Å²) < 4.78 is 7.62. The number of H-pyrrole nitrogens is 1. The summed E-state index contributed by atoms with van der Waals surface area (Å²) in [5, 5.41) is 0.589. The van der Waals surface area contributed by atoms with E-state index in [4.69, 9.17) is 28.6 Å². The number of methoxy groups -OCH3 is 1. The van der Waals surface area contributed by atoms with Crippen molar-refractivity contribution < 1.29 is 4.74 Å². The van der Waals surface area contributed by atoms with Crippen molar-refractivity contribution in [2.75, 3.05) is 7.11 Å². The van der Waals surface area contributed by atoms with E-state index in [0.29, 0.717) is 15.5 Å². The minimum absolute atomic E-state index is 0.549. The van der Waals surface area contributed by atoms with E-state index in [9.17, 15) is 0 Å². The fourth-order valence-corrected chi connectivity index (χ4v) is 2.59. The summed E-state index contributed by atoms with van der Waals surface area (Å²) in [6.45, 7) is 1.94. The van der Waals surface area contributed by atoms with Gasteiger partial charge in [0.05, 0.1) is 23.3 Å². The van der Waals surface area contributed by atoms with Crippen LogP contribution in [0, 0.1) is 11.7 Å². The van der Waals surface area contributed by atoms with Crippen LogP contribution in [-0.4, -0.2) is 21.6 Å². The maximum Gasteiger partial charge on any atom is 0.184 e. The van der Waals surface area contributed by atoms with E-state index in [0.717, 1.165) is 22.5 Å². The molecule has 1 aromatic carbocycles. The first-order chi connectivity index (χ1) is 9.60. The molecule has 0 unspecified atom stereocenters. The number of halogens is 1. The minimum atomic E-state index is 0.549. The highest BCUT2D eigenvalue weighted by atomic mass is 35.5. The van der Waals surface area contributed by atoms with Crippen LogP contribution >= 0.6 is 23.8 Å². The zero-order chi connectivity index (χ0) is 14.3. The number of nitrogens with zero attached hydrogens (tertiary/aromatic N) is 2. The number of aromatic amines is 1. The second-order valence-electron chi connectivity index (χ2n) is 4.41. The average Bonchev–Trinajstić information content (AvgIpc) is 2.75. The first kappa shape index (κ1) is 13.1. The number of benzene rings is 1. The van der Waals surface area contributed by atoms with Crippen LogP contribution in [0.5, 0.6) is 5.75 Å². The van der Waals surface area contributed by atoms with Crippen molar-refractivity contribution >= 4 is 35.0 Å². The molecule has 0 radical (unpaired) electrons. The maximum atomic E-state index is 6.29. The lowest BCUT2D eigenvalue weighted by atomic mass is 10.3. The summed E-state index contributed by atoms with van der Waals surface area (Å²) in [6, 6.07) is 9.33. The SMILES string of the molecule is COc1ccc(Cl)c(-n2c(=S)[nH]c3ccc(C)nc32)c1. The number of hydrogen-bond donors (Lipinski definition) is 1. The van der Waals surface area contributed by atoms with Gasteiger partial charge in [0.2, 0.25) is 0 Å². The first-order valence-corrected chi connectivity index (χ1v) is 6.81. The topological polar surface area (TPSA) is 42.8 Å². The van der Waals surface area contributed by atoms with Crippen LogP contribution in [0.4, 0.5) is 0 Å². The molecule has 0 spiro atoms. The van der Waals surface area contributed by atoms with Gasteiger partial charge in [0.15, 0.2) is 10.4 Å². The Balaban J connectivity index is 2.37.